The summed E-state index contributed by atoms with van der Waals surface area (Å²) in [7, 11) is 0. The van der Waals surface area contributed by atoms with E-state index in [1.165, 1.54) is 25.1 Å². The Kier molecular flexibility index (Phi) is 5.37. The lowest BCUT2D eigenvalue weighted by Gasteiger charge is -2.13. The second kappa shape index (κ2) is 6.17. The Hall–Kier alpha value is -0.390. The van der Waals surface area contributed by atoms with Gasteiger partial charge in [-0.3, -0.25) is 4.79 Å². The van der Waals surface area contributed by atoms with Crippen molar-refractivity contribution in [1.29, 1.82) is 0 Å². The molecule has 1 unspecified atom stereocenters. The molecule has 0 heterocycles. The summed E-state index contributed by atoms with van der Waals surface area (Å²) in [5, 5.41) is -0.979. The summed E-state index contributed by atoms with van der Waals surface area (Å²) in [5.41, 5.74) is -3.50. The fraction of sp³-hybridized carbons (Fsp3) is 0.364. The molecule has 1 rings (SSSR count). The van der Waals surface area contributed by atoms with Crippen LogP contribution >= 0.6 is 35.0 Å². The molecule has 100 valence electrons. The largest absolute Gasteiger partial charge is 0.446 e. The number of ketones is 1. The minimum Gasteiger partial charge on any atom is -0.298 e. The van der Waals surface area contributed by atoms with Crippen LogP contribution in [-0.4, -0.2) is 11.3 Å². The molecule has 1 nitrogen and oxygen atoms in total. The van der Waals surface area contributed by atoms with Crippen molar-refractivity contribution in [2.45, 2.75) is 28.6 Å². The molecule has 0 bridgehead atoms. The standard InChI is InChI=1S/C11H9Cl2F3OS/c1-6(17)10(13)9-4-8(18-11(14,15)16)3-2-7(9)5-12/h2-4,10H,5H2,1H3. The molecule has 1 atom stereocenters. The van der Waals surface area contributed by atoms with Crippen molar-refractivity contribution in [1.82, 2.24) is 0 Å². The first-order valence-electron chi connectivity index (χ1n) is 4.83. The van der Waals surface area contributed by atoms with Crippen LogP contribution in [-0.2, 0) is 10.7 Å². The number of thioether (sulfide) groups is 1. The number of hydrogen-bond donors (Lipinski definition) is 0. The van der Waals surface area contributed by atoms with Crippen LogP contribution in [0.3, 0.4) is 0 Å². The highest BCUT2D eigenvalue weighted by molar-refractivity contribution is 8.00. The number of halogens is 5. The third kappa shape index (κ3) is 4.37. The number of carbonyl (C=O) groups is 1. The average molecular weight is 317 g/mol. The van der Waals surface area contributed by atoms with Crippen LogP contribution in [0.25, 0.3) is 0 Å². The molecular weight excluding hydrogens is 308 g/mol. The zero-order valence-electron chi connectivity index (χ0n) is 9.22. The molecule has 0 saturated carbocycles. The maximum atomic E-state index is 12.3. The number of carbonyl (C=O) groups excluding carboxylic acids is 1. The van der Waals surface area contributed by atoms with Crippen molar-refractivity contribution >= 4 is 40.7 Å². The Labute approximate surface area is 117 Å². The van der Waals surface area contributed by atoms with Crippen LogP contribution in [0.1, 0.15) is 23.4 Å². The highest BCUT2D eigenvalue weighted by Gasteiger charge is 2.30. The molecular formula is C11H9Cl2F3OS. The molecule has 7 heteroatoms. The summed E-state index contributed by atoms with van der Waals surface area (Å²) < 4.78 is 36.8. The summed E-state index contributed by atoms with van der Waals surface area (Å²) >= 11 is 11.3. The van der Waals surface area contributed by atoms with E-state index in [-0.39, 0.29) is 28.3 Å². The predicted octanol–water partition coefficient (Wildman–Crippen LogP) is 4.91. The third-order valence-electron chi connectivity index (χ3n) is 2.12. The van der Waals surface area contributed by atoms with E-state index >= 15 is 0 Å². The van der Waals surface area contributed by atoms with E-state index in [0.29, 0.717) is 11.1 Å². The van der Waals surface area contributed by atoms with Gasteiger partial charge in [0.25, 0.3) is 0 Å². The number of Topliss-reactive ketones (excluding diaryl/α,β-unsaturated/α-hetero) is 1. The van der Waals surface area contributed by atoms with Gasteiger partial charge < -0.3 is 0 Å². The first-order chi connectivity index (χ1) is 8.24. The smallest absolute Gasteiger partial charge is 0.298 e. The van der Waals surface area contributed by atoms with Crippen molar-refractivity contribution in [3.63, 3.8) is 0 Å². The fourth-order valence-electron chi connectivity index (χ4n) is 1.35. The predicted molar refractivity (Wildman–Crippen MR) is 67.2 cm³/mol. The molecule has 18 heavy (non-hydrogen) atoms. The van der Waals surface area contributed by atoms with Gasteiger partial charge >= 0.3 is 5.51 Å². The third-order valence-corrected chi connectivity index (χ3v) is 3.68. The molecule has 0 aliphatic rings. The Balaban J connectivity index is 3.13. The summed E-state index contributed by atoms with van der Waals surface area (Å²) in [6, 6.07) is 4.02. The molecule has 0 fully saturated rings. The quantitative estimate of drug-likeness (QED) is 0.580. The molecule has 1 aromatic carbocycles. The van der Waals surface area contributed by atoms with Crippen molar-refractivity contribution in [2.24, 2.45) is 0 Å². The normalized spacial score (nSPS) is 13.4. The lowest BCUT2D eigenvalue weighted by atomic mass is 10.0. The molecule has 0 radical (unpaired) electrons. The summed E-state index contributed by atoms with van der Waals surface area (Å²) in [6.07, 6.45) is 0. The first-order valence-corrected chi connectivity index (χ1v) is 6.62. The highest BCUT2D eigenvalue weighted by atomic mass is 35.5. The van der Waals surface area contributed by atoms with Gasteiger partial charge in [-0.05, 0) is 41.9 Å². The fourth-order valence-corrected chi connectivity index (χ4v) is 2.38. The zero-order chi connectivity index (χ0) is 13.9. The minimum atomic E-state index is -4.38. The van der Waals surface area contributed by atoms with Gasteiger partial charge in [0, 0.05) is 10.8 Å². The first kappa shape index (κ1) is 15.7. The summed E-state index contributed by atoms with van der Waals surface area (Å²) in [5.74, 6) is -0.250. The lowest BCUT2D eigenvalue weighted by Crippen LogP contribution is -2.06. The van der Waals surface area contributed by atoms with Gasteiger partial charge in [-0.1, -0.05) is 6.07 Å². The van der Waals surface area contributed by atoms with Crippen LogP contribution in [0.5, 0.6) is 0 Å². The van der Waals surface area contributed by atoms with Crippen LogP contribution in [0.2, 0.25) is 0 Å². The maximum absolute atomic E-state index is 12.3. The number of benzene rings is 1. The Morgan fingerprint density at radius 2 is 2.06 bits per heavy atom. The molecule has 0 amide bonds. The zero-order valence-corrected chi connectivity index (χ0v) is 11.6. The topological polar surface area (TPSA) is 17.1 Å². The lowest BCUT2D eigenvalue weighted by molar-refractivity contribution is -0.116. The molecule has 0 spiro atoms. The summed E-state index contributed by atoms with van der Waals surface area (Å²) in [4.78, 5) is 11.2. The number of alkyl halides is 5. The minimum absolute atomic E-state index is 0.0155. The highest BCUT2D eigenvalue weighted by Crippen LogP contribution is 2.39. The van der Waals surface area contributed by atoms with Crippen LogP contribution < -0.4 is 0 Å². The van der Waals surface area contributed by atoms with E-state index in [1.807, 2.05) is 0 Å². The molecule has 0 aliphatic heterocycles. The Bertz CT molecular complexity index is 448. The SMILES string of the molecule is CC(=O)C(Cl)c1cc(SC(F)(F)F)ccc1CCl. The van der Waals surface area contributed by atoms with Gasteiger partial charge in [0.15, 0.2) is 5.78 Å². The van der Waals surface area contributed by atoms with Gasteiger partial charge in [0.2, 0.25) is 0 Å². The second-order valence-electron chi connectivity index (χ2n) is 3.52. The average Bonchev–Trinajstić information content (AvgIpc) is 2.25. The maximum Gasteiger partial charge on any atom is 0.446 e. The van der Waals surface area contributed by atoms with Crippen molar-refractivity contribution in [3.8, 4) is 0 Å². The van der Waals surface area contributed by atoms with Crippen LogP contribution in [0, 0.1) is 0 Å². The molecule has 0 aliphatic carbocycles. The van der Waals surface area contributed by atoms with Gasteiger partial charge in [0.05, 0.1) is 0 Å². The van der Waals surface area contributed by atoms with E-state index in [1.54, 1.807) is 0 Å². The number of hydrogen-bond acceptors (Lipinski definition) is 2. The van der Waals surface area contributed by atoms with Gasteiger partial charge in [-0.15, -0.1) is 23.2 Å². The van der Waals surface area contributed by atoms with E-state index in [0.717, 1.165) is 0 Å². The van der Waals surface area contributed by atoms with Crippen molar-refractivity contribution in [3.05, 3.63) is 29.3 Å². The van der Waals surface area contributed by atoms with E-state index in [2.05, 4.69) is 0 Å². The van der Waals surface area contributed by atoms with Gasteiger partial charge in [0.1, 0.15) is 5.38 Å². The van der Waals surface area contributed by atoms with Crippen LogP contribution in [0.15, 0.2) is 23.1 Å². The van der Waals surface area contributed by atoms with E-state index < -0.39 is 10.9 Å². The van der Waals surface area contributed by atoms with E-state index in [4.69, 9.17) is 23.2 Å². The van der Waals surface area contributed by atoms with Crippen molar-refractivity contribution < 1.29 is 18.0 Å². The van der Waals surface area contributed by atoms with Gasteiger partial charge in [-0.2, -0.15) is 13.2 Å². The molecule has 0 aromatic heterocycles. The molecule has 0 saturated heterocycles. The molecule has 1 aromatic rings. The van der Waals surface area contributed by atoms with Gasteiger partial charge in [-0.25, -0.2) is 0 Å². The Morgan fingerprint density at radius 3 is 2.50 bits per heavy atom. The molecule has 0 N–H and O–H groups in total. The van der Waals surface area contributed by atoms with E-state index in [9.17, 15) is 18.0 Å². The van der Waals surface area contributed by atoms with Crippen molar-refractivity contribution in [2.75, 3.05) is 0 Å². The summed E-state index contributed by atoms with van der Waals surface area (Å²) in [6.45, 7) is 1.28. The second-order valence-corrected chi connectivity index (χ2v) is 5.36. The monoisotopic (exact) mass is 316 g/mol. The van der Waals surface area contributed by atoms with Crippen LogP contribution in [0.4, 0.5) is 13.2 Å². The Morgan fingerprint density at radius 1 is 1.44 bits per heavy atom. The number of rotatable bonds is 4.